The minimum Gasteiger partial charge on any atom is -0.376 e. The lowest BCUT2D eigenvalue weighted by Crippen LogP contribution is -2.43. The number of hydrogen-bond acceptors (Lipinski definition) is 3. The minimum atomic E-state index is -1.81. The van der Waals surface area contributed by atoms with E-state index in [0.29, 0.717) is 22.4 Å². The van der Waals surface area contributed by atoms with E-state index in [4.69, 9.17) is 4.52 Å². The lowest BCUT2D eigenvalue weighted by Gasteiger charge is -2.38. The van der Waals surface area contributed by atoms with Gasteiger partial charge in [-0.15, -0.1) is 5.54 Å². The Morgan fingerprint density at radius 1 is 1.00 bits per heavy atom. The van der Waals surface area contributed by atoms with Crippen molar-refractivity contribution in [3.8, 4) is 11.5 Å². The monoisotopic (exact) mass is 307 g/mol. The molecule has 0 spiro atoms. The third-order valence-electron chi connectivity index (χ3n) is 4.65. The smallest absolute Gasteiger partial charge is 0.146 e. The first-order valence-corrected chi connectivity index (χ1v) is 10.0. The van der Waals surface area contributed by atoms with Crippen molar-refractivity contribution in [2.75, 3.05) is 0 Å². The summed E-state index contributed by atoms with van der Waals surface area (Å²) in [4.78, 5) is 0. The van der Waals surface area contributed by atoms with Crippen molar-refractivity contribution < 1.29 is 9.63 Å². The van der Waals surface area contributed by atoms with Crippen LogP contribution in [-0.2, 0) is 0 Å². The fourth-order valence-electron chi connectivity index (χ4n) is 3.58. The molecule has 1 aromatic heterocycles. The molecule has 4 heteroatoms. The predicted molar refractivity (Wildman–Crippen MR) is 89.8 cm³/mol. The topological polar surface area (TPSA) is 46.3 Å². The highest BCUT2D eigenvalue weighted by molar-refractivity contribution is 6.90. The van der Waals surface area contributed by atoms with Gasteiger partial charge in [0.2, 0.25) is 0 Å². The molecule has 1 N–H and O–H groups in total. The average molecular weight is 308 g/mol. The van der Waals surface area contributed by atoms with Gasteiger partial charge in [0.05, 0.1) is 11.3 Å². The maximum Gasteiger partial charge on any atom is 0.146 e. The number of aliphatic hydroxyl groups is 1. The van der Waals surface area contributed by atoms with Gasteiger partial charge in [-0.05, 0) is 30.5 Å². The molecule has 21 heavy (non-hydrogen) atoms. The van der Waals surface area contributed by atoms with Crippen molar-refractivity contribution in [2.45, 2.75) is 78.1 Å². The molecule has 3 nitrogen and oxygen atoms in total. The van der Waals surface area contributed by atoms with E-state index in [9.17, 15) is 5.11 Å². The molecular formula is C17H29NO2Si. The van der Waals surface area contributed by atoms with Crippen LogP contribution in [0.1, 0.15) is 64.7 Å². The van der Waals surface area contributed by atoms with Crippen molar-refractivity contribution in [3.63, 3.8) is 0 Å². The van der Waals surface area contributed by atoms with E-state index in [-0.39, 0.29) is 0 Å². The number of aliphatic hydroxyl groups excluding tert-OH is 1. The summed E-state index contributed by atoms with van der Waals surface area (Å²) in [5, 5.41) is 14.3. The van der Waals surface area contributed by atoms with Crippen LogP contribution in [0.5, 0.6) is 0 Å². The zero-order valence-corrected chi connectivity index (χ0v) is 15.6. The van der Waals surface area contributed by atoms with E-state index < -0.39 is 14.2 Å². The van der Waals surface area contributed by atoms with Gasteiger partial charge in [0.25, 0.3) is 0 Å². The van der Waals surface area contributed by atoms with Gasteiger partial charge in [0.1, 0.15) is 19.9 Å². The second-order valence-corrected chi connectivity index (χ2v) is 12.4. The van der Waals surface area contributed by atoms with Crippen LogP contribution in [0, 0.1) is 25.3 Å². The Morgan fingerprint density at radius 2 is 1.48 bits per heavy atom. The Bertz CT molecular complexity index is 493. The number of rotatable bonds is 4. The molecule has 118 valence electrons. The first-order valence-electron chi connectivity index (χ1n) is 7.78. The largest absolute Gasteiger partial charge is 0.376 e. The van der Waals surface area contributed by atoms with Gasteiger partial charge in [0.15, 0.2) is 0 Å². The Morgan fingerprint density at radius 3 is 1.81 bits per heavy atom. The highest BCUT2D eigenvalue weighted by Crippen LogP contribution is 2.41. The molecule has 0 fully saturated rings. The van der Waals surface area contributed by atoms with Crippen molar-refractivity contribution in [1.82, 2.24) is 5.16 Å². The standard InChI is InChI=1S/C17H29NO2Si/c1-11(2)21(12(3)4,13(5)6)10-9-16(19)17-14(7)18-20-15(17)8/h11-13,16,19H,1-8H3/t16-/m1/s1. The summed E-state index contributed by atoms with van der Waals surface area (Å²) in [5.41, 5.74) is 6.66. The van der Waals surface area contributed by atoms with E-state index in [2.05, 4.69) is 58.2 Å². The van der Waals surface area contributed by atoms with Gasteiger partial charge >= 0.3 is 0 Å². The highest BCUT2D eigenvalue weighted by Gasteiger charge is 2.41. The van der Waals surface area contributed by atoms with E-state index in [1.54, 1.807) is 0 Å². The molecule has 1 aromatic rings. The first kappa shape index (κ1) is 18.0. The van der Waals surface area contributed by atoms with Gasteiger partial charge in [-0.3, -0.25) is 0 Å². The van der Waals surface area contributed by atoms with Crippen molar-refractivity contribution >= 4 is 8.07 Å². The average Bonchev–Trinajstić information content (AvgIpc) is 2.68. The molecule has 0 unspecified atom stereocenters. The minimum absolute atomic E-state index is 0.557. The summed E-state index contributed by atoms with van der Waals surface area (Å²) in [6, 6.07) is 0. The third kappa shape index (κ3) is 3.41. The van der Waals surface area contributed by atoms with Gasteiger partial charge in [-0.25, -0.2) is 0 Å². The van der Waals surface area contributed by atoms with E-state index in [1.165, 1.54) is 0 Å². The Balaban J connectivity index is 3.23. The molecule has 1 atom stereocenters. The molecule has 0 aliphatic carbocycles. The molecular weight excluding hydrogens is 278 g/mol. The third-order valence-corrected chi connectivity index (χ3v) is 11.0. The summed E-state index contributed by atoms with van der Waals surface area (Å²) in [7, 11) is -1.81. The zero-order valence-electron chi connectivity index (χ0n) is 14.6. The second-order valence-electron chi connectivity index (χ2n) is 6.81. The summed E-state index contributed by atoms with van der Waals surface area (Å²) in [5.74, 6) is 3.77. The van der Waals surface area contributed by atoms with E-state index in [1.807, 2.05) is 13.8 Å². The number of hydrogen-bond donors (Lipinski definition) is 1. The fraction of sp³-hybridized carbons (Fsp3) is 0.706. The summed E-state index contributed by atoms with van der Waals surface area (Å²) >= 11 is 0. The van der Waals surface area contributed by atoms with Gasteiger partial charge in [-0.2, -0.15) is 0 Å². The Kier molecular flexibility index (Phi) is 5.83. The highest BCUT2D eigenvalue weighted by atomic mass is 28.3. The molecule has 0 saturated carbocycles. The van der Waals surface area contributed by atoms with E-state index in [0.717, 1.165) is 11.3 Å². The summed E-state index contributed by atoms with van der Waals surface area (Å²) in [6.07, 6.45) is -0.806. The van der Waals surface area contributed by atoms with Crippen molar-refractivity contribution in [1.29, 1.82) is 0 Å². The number of aromatic nitrogens is 1. The summed E-state index contributed by atoms with van der Waals surface area (Å²) < 4.78 is 5.12. The van der Waals surface area contributed by atoms with Crippen LogP contribution in [0.2, 0.25) is 16.6 Å². The lowest BCUT2D eigenvalue weighted by atomic mass is 10.1. The zero-order chi connectivity index (χ0) is 16.4. The second kappa shape index (κ2) is 6.80. The normalized spacial score (nSPS) is 13.7. The molecule has 1 heterocycles. The van der Waals surface area contributed by atoms with Crippen molar-refractivity contribution in [3.05, 3.63) is 17.0 Å². The Labute approximate surface area is 130 Å². The molecule has 0 amide bonds. The van der Waals surface area contributed by atoms with Gasteiger partial charge < -0.3 is 9.63 Å². The Hall–Kier alpha value is -1.05. The molecule has 0 saturated heterocycles. The van der Waals surface area contributed by atoms with Crippen molar-refractivity contribution in [2.24, 2.45) is 0 Å². The van der Waals surface area contributed by atoms with Crippen LogP contribution >= 0.6 is 0 Å². The molecule has 0 aromatic carbocycles. The number of nitrogens with zero attached hydrogens (tertiary/aromatic N) is 1. The molecule has 0 aliphatic rings. The van der Waals surface area contributed by atoms with Crippen LogP contribution in [0.25, 0.3) is 0 Å². The molecule has 0 radical (unpaired) electrons. The maximum absolute atomic E-state index is 10.4. The lowest BCUT2D eigenvalue weighted by molar-refractivity contribution is 0.235. The van der Waals surface area contributed by atoms with Crippen LogP contribution in [0.15, 0.2) is 4.52 Å². The molecule has 0 aliphatic heterocycles. The SMILES string of the molecule is Cc1noc(C)c1[C@H](O)C#C[Si](C(C)C)(C(C)C)C(C)C. The molecule has 1 rings (SSSR count). The predicted octanol–water partition coefficient (Wildman–Crippen LogP) is 4.55. The quantitative estimate of drug-likeness (QED) is 0.656. The van der Waals surface area contributed by atoms with Crippen LogP contribution in [-0.4, -0.2) is 18.3 Å². The van der Waals surface area contributed by atoms with Gasteiger partial charge in [0, 0.05) is 0 Å². The fourth-order valence-corrected chi connectivity index (χ4v) is 8.83. The van der Waals surface area contributed by atoms with E-state index >= 15 is 0 Å². The van der Waals surface area contributed by atoms with Gasteiger partial charge in [-0.1, -0.05) is 52.6 Å². The van der Waals surface area contributed by atoms with Crippen LogP contribution < -0.4 is 0 Å². The summed E-state index contributed by atoms with van der Waals surface area (Å²) in [6.45, 7) is 17.3. The van der Waals surface area contributed by atoms with Crippen LogP contribution in [0.3, 0.4) is 0 Å². The first-order chi connectivity index (χ1) is 9.64. The number of aryl methyl sites for hydroxylation is 2. The maximum atomic E-state index is 10.4. The molecule has 0 bridgehead atoms. The van der Waals surface area contributed by atoms with Crippen LogP contribution in [0.4, 0.5) is 0 Å².